The lowest BCUT2D eigenvalue weighted by atomic mass is 10.1. The molecule has 2 atom stereocenters. The predicted octanol–water partition coefficient (Wildman–Crippen LogP) is 13.2. The third kappa shape index (κ3) is 44.7. The Kier molecular flexibility index (Phi) is 43.2. The maximum Gasteiger partial charge on any atom is 0.306 e. The first-order chi connectivity index (χ1) is 31.6. The number of nitrogens with zero attached hydrogens (tertiary/aromatic N) is 1. The topological polar surface area (TPSA) is 102 Å². The van der Waals surface area contributed by atoms with Gasteiger partial charge in [-0.15, -0.1) is 0 Å². The van der Waals surface area contributed by atoms with Crippen molar-refractivity contribution in [1.82, 2.24) is 0 Å². The number of aliphatic carboxylic acids is 1. The van der Waals surface area contributed by atoms with E-state index in [0.29, 0.717) is 12.8 Å². The largest absolute Gasteiger partial charge is 0.544 e. The number of quaternary nitrogens is 1. The number of unbranched alkanes of at least 4 members (excludes halogenated alkanes) is 9. The van der Waals surface area contributed by atoms with Crippen molar-refractivity contribution in [3.63, 3.8) is 0 Å². The molecule has 0 fully saturated rings. The smallest absolute Gasteiger partial charge is 0.306 e. The molecule has 0 radical (unpaired) electrons. The molecule has 0 saturated carbocycles. The summed E-state index contributed by atoms with van der Waals surface area (Å²) in [6, 6.07) is -0.746. The fraction of sp³-hybridized carbons (Fsp3) is 0.596. The minimum Gasteiger partial charge on any atom is -0.544 e. The van der Waals surface area contributed by atoms with Gasteiger partial charge in [0.05, 0.1) is 40.3 Å². The molecule has 0 heterocycles. The number of allylic oxidation sites excluding steroid dienone is 20. The van der Waals surface area contributed by atoms with Crippen molar-refractivity contribution < 1.29 is 38.2 Å². The first kappa shape index (κ1) is 60.7. The first-order valence-corrected chi connectivity index (χ1v) is 25.1. The maximum absolute atomic E-state index is 12.8. The zero-order valence-corrected chi connectivity index (χ0v) is 41.6. The Bertz CT molecular complexity index is 1470. The fourth-order valence-corrected chi connectivity index (χ4v) is 6.47. The number of carbonyl (C=O) groups excluding carboxylic acids is 3. The summed E-state index contributed by atoms with van der Waals surface area (Å²) in [4.78, 5) is 37.0. The van der Waals surface area contributed by atoms with Gasteiger partial charge in [-0.1, -0.05) is 161 Å². The predicted molar refractivity (Wildman–Crippen MR) is 272 cm³/mol. The summed E-state index contributed by atoms with van der Waals surface area (Å²) in [5.41, 5.74) is 0. The second kappa shape index (κ2) is 46.3. The highest BCUT2D eigenvalue weighted by molar-refractivity contribution is 5.70. The van der Waals surface area contributed by atoms with E-state index in [-0.39, 0.29) is 55.5 Å². The monoisotopic (exact) mass is 902 g/mol. The van der Waals surface area contributed by atoms with Crippen LogP contribution in [0.15, 0.2) is 122 Å². The number of carboxylic acid groups (broad SMARTS) is 1. The van der Waals surface area contributed by atoms with Gasteiger partial charge in [0.1, 0.15) is 12.6 Å². The van der Waals surface area contributed by atoms with Crippen LogP contribution in [0.4, 0.5) is 0 Å². The molecule has 0 spiro atoms. The van der Waals surface area contributed by atoms with Gasteiger partial charge in [0.25, 0.3) is 0 Å². The summed E-state index contributed by atoms with van der Waals surface area (Å²) in [5.74, 6) is -1.84. The third-order valence-corrected chi connectivity index (χ3v) is 10.3. The van der Waals surface area contributed by atoms with Gasteiger partial charge in [-0.05, 0) is 109 Å². The van der Waals surface area contributed by atoms with Crippen LogP contribution >= 0.6 is 0 Å². The Balaban J connectivity index is 4.44. The van der Waals surface area contributed by atoms with Crippen molar-refractivity contribution in [2.24, 2.45) is 0 Å². The molecule has 0 aliphatic heterocycles. The van der Waals surface area contributed by atoms with E-state index in [4.69, 9.17) is 14.2 Å². The summed E-state index contributed by atoms with van der Waals surface area (Å²) >= 11 is 0. The molecular formula is C57H91NO7. The number of carbonyl (C=O) groups is 3. The van der Waals surface area contributed by atoms with Gasteiger partial charge in [0.2, 0.25) is 0 Å². The molecule has 0 saturated heterocycles. The Labute approximate surface area is 397 Å². The average Bonchev–Trinajstić information content (AvgIpc) is 3.27. The Hall–Kier alpha value is -4.27. The highest BCUT2D eigenvalue weighted by atomic mass is 16.6. The van der Waals surface area contributed by atoms with Crippen molar-refractivity contribution in [1.29, 1.82) is 0 Å². The normalized spacial score (nSPS) is 13.9. The Morgan fingerprint density at radius 2 is 0.862 bits per heavy atom. The molecule has 366 valence electrons. The lowest BCUT2D eigenvalue weighted by Crippen LogP contribution is -2.55. The second-order valence-electron chi connectivity index (χ2n) is 17.3. The zero-order chi connectivity index (χ0) is 47.7. The summed E-state index contributed by atoms with van der Waals surface area (Å²) in [6.45, 7) is 4.43. The molecule has 0 aromatic rings. The van der Waals surface area contributed by atoms with Gasteiger partial charge < -0.3 is 28.6 Å². The summed E-state index contributed by atoms with van der Waals surface area (Å²) < 4.78 is 17.2. The van der Waals surface area contributed by atoms with E-state index in [9.17, 15) is 19.5 Å². The van der Waals surface area contributed by atoms with E-state index in [0.717, 1.165) is 96.3 Å². The summed E-state index contributed by atoms with van der Waals surface area (Å²) in [6.07, 6.45) is 65.1. The number of esters is 2. The molecule has 0 amide bonds. The Morgan fingerprint density at radius 3 is 1.29 bits per heavy atom. The SMILES string of the molecule is CC/C=C/C/C=C/C/C=C/C/C=C/C/C=C/CCCCCCC(=O)OC(COCCC(C(=O)[O-])[N+](C)(C)C)COC(=O)CCCC/C=C/C/C=C/C/C=C/C/C=C/C/C=C/CCCCC. The minimum atomic E-state index is -1.14. The van der Waals surface area contributed by atoms with Gasteiger partial charge in [-0.25, -0.2) is 0 Å². The zero-order valence-electron chi connectivity index (χ0n) is 41.6. The number of likely N-dealkylation sites (N-methyl/N-ethyl adjacent to an activating group) is 1. The molecule has 0 aromatic heterocycles. The van der Waals surface area contributed by atoms with Gasteiger partial charge >= 0.3 is 11.9 Å². The van der Waals surface area contributed by atoms with Gasteiger partial charge in [0, 0.05) is 19.3 Å². The van der Waals surface area contributed by atoms with E-state index in [1.807, 2.05) is 0 Å². The van der Waals surface area contributed by atoms with Crippen LogP contribution in [0, 0.1) is 0 Å². The summed E-state index contributed by atoms with van der Waals surface area (Å²) in [7, 11) is 5.38. The molecule has 0 aliphatic rings. The van der Waals surface area contributed by atoms with Crippen molar-refractivity contribution >= 4 is 17.9 Å². The molecule has 0 N–H and O–H groups in total. The van der Waals surface area contributed by atoms with Gasteiger partial charge in [-0.2, -0.15) is 0 Å². The highest BCUT2D eigenvalue weighted by Crippen LogP contribution is 2.12. The van der Waals surface area contributed by atoms with E-state index in [2.05, 4.69) is 135 Å². The number of ether oxygens (including phenoxy) is 3. The summed E-state index contributed by atoms with van der Waals surface area (Å²) in [5, 5.41) is 11.7. The average molecular weight is 902 g/mol. The molecule has 0 bridgehead atoms. The van der Waals surface area contributed by atoms with Crippen molar-refractivity contribution in [3.05, 3.63) is 122 Å². The van der Waals surface area contributed by atoms with Gasteiger partial charge in [0.15, 0.2) is 6.10 Å². The molecule has 8 nitrogen and oxygen atoms in total. The minimum absolute atomic E-state index is 0.00735. The molecule has 0 rings (SSSR count). The Morgan fingerprint density at radius 1 is 0.477 bits per heavy atom. The van der Waals surface area contributed by atoms with Crippen LogP contribution in [-0.4, -0.2) is 75.5 Å². The molecule has 0 aliphatic carbocycles. The first-order valence-electron chi connectivity index (χ1n) is 25.1. The lowest BCUT2D eigenvalue weighted by molar-refractivity contribution is -0.889. The lowest BCUT2D eigenvalue weighted by Gasteiger charge is -2.34. The third-order valence-electron chi connectivity index (χ3n) is 10.3. The number of hydrogen-bond acceptors (Lipinski definition) is 7. The van der Waals surface area contributed by atoms with Crippen molar-refractivity contribution in [2.45, 2.75) is 180 Å². The van der Waals surface area contributed by atoms with Crippen molar-refractivity contribution in [3.8, 4) is 0 Å². The number of hydrogen-bond donors (Lipinski definition) is 0. The van der Waals surface area contributed by atoms with E-state index in [1.165, 1.54) is 25.7 Å². The molecule has 8 heteroatoms. The van der Waals surface area contributed by atoms with Crippen LogP contribution < -0.4 is 5.11 Å². The van der Waals surface area contributed by atoms with E-state index in [1.54, 1.807) is 21.1 Å². The number of carboxylic acids is 1. The van der Waals surface area contributed by atoms with Crippen LogP contribution in [0.1, 0.15) is 168 Å². The fourth-order valence-electron chi connectivity index (χ4n) is 6.47. The highest BCUT2D eigenvalue weighted by Gasteiger charge is 2.25. The van der Waals surface area contributed by atoms with Crippen LogP contribution in [0.25, 0.3) is 0 Å². The van der Waals surface area contributed by atoms with E-state index < -0.39 is 18.1 Å². The maximum atomic E-state index is 12.8. The molecule has 0 aromatic carbocycles. The quantitative estimate of drug-likeness (QED) is 0.0260. The molecular weight excluding hydrogens is 811 g/mol. The molecule has 65 heavy (non-hydrogen) atoms. The standard InChI is InChI=1S/C57H91NO7/c1-6-8-10-12-14-16-18-20-22-24-26-28-30-31-33-35-37-39-41-43-45-47-55(59)64-52-53(51-63-50-49-54(57(61)62)58(3,4)5)65-56(60)48-46-44-42-40-38-36-34-32-29-27-25-23-21-19-17-15-13-11-9-7-2/h9,11,14-17,20-23,26-29,31,33-34,36-37,39,53-54H,6-8,10,12-13,18-19,24-25,30,32,35,38,40-52H2,1-5H3/b11-9+,16-14+,17-15+,22-20+,23-21+,28-26+,29-27+,33-31+,36-34+,39-37+. The van der Waals surface area contributed by atoms with Crippen molar-refractivity contribution in [2.75, 3.05) is 41.0 Å². The second-order valence-corrected chi connectivity index (χ2v) is 17.3. The number of rotatable bonds is 43. The molecule has 2 unspecified atom stereocenters. The van der Waals surface area contributed by atoms with Crippen LogP contribution in [-0.2, 0) is 28.6 Å². The van der Waals surface area contributed by atoms with Gasteiger partial charge in [-0.3, -0.25) is 9.59 Å². The van der Waals surface area contributed by atoms with Crippen LogP contribution in [0.5, 0.6) is 0 Å². The van der Waals surface area contributed by atoms with Crippen LogP contribution in [0.2, 0.25) is 0 Å². The van der Waals surface area contributed by atoms with E-state index >= 15 is 0 Å². The van der Waals surface area contributed by atoms with Crippen LogP contribution in [0.3, 0.4) is 0 Å².